The van der Waals surface area contributed by atoms with Crippen LogP contribution < -0.4 is 5.32 Å². The molecule has 2 amide bonds. The Hall–Kier alpha value is -3.98. The molecule has 172 valence electrons. The van der Waals surface area contributed by atoms with Crippen molar-refractivity contribution in [2.45, 2.75) is 19.9 Å². The second-order valence-electron chi connectivity index (χ2n) is 7.52. The van der Waals surface area contributed by atoms with E-state index in [-0.39, 0.29) is 13.2 Å². The van der Waals surface area contributed by atoms with Gasteiger partial charge in [0.1, 0.15) is 5.75 Å². The first-order chi connectivity index (χ1) is 16.1. The first kappa shape index (κ1) is 23.2. The van der Waals surface area contributed by atoms with Gasteiger partial charge in [-0.25, -0.2) is 9.80 Å². The highest BCUT2D eigenvalue weighted by Crippen LogP contribution is 2.37. The molecule has 8 nitrogen and oxygen atoms in total. The van der Waals surface area contributed by atoms with Crippen LogP contribution in [0.1, 0.15) is 31.0 Å². The van der Waals surface area contributed by atoms with Gasteiger partial charge in [-0.2, -0.15) is 10.2 Å². The third kappa shape index (κ3) is 4.55. The molecule has 1 aliphatic rings. The molecule has 9 heteroatoms. The van der Waals surface area contributed by atoms with E-state index in [2.05, 4.69) is 41.5 Å². The number of carbonyl (C=O) groups is 1. The van der Waals surface area contributed by atoms with Crippen LogP contribution in [0.2, 0.25) is 0 Å². The Morgan fingerprint density at radius 2 is 1.91 bits per heavy atom. The highest BCUT2D eigenvalue weighted by Gasteiger charge is 2.34. The maximum atomic E-state index is 13.3. The third-order valence-electron chi connectivity index (χ3n) is 5.40. The van der Waals surface area contributed by atoms with Gasteiger partial charge < -0.3 is 10.4 Å². The van der Waals surface area contributed by atoms with Gasteiger partial charge in [-0.3, -0.25) is 10.1 Å². The van der Waals surface area contributed by atoms with Crippen molar-refractivity contribution in [2.75, 3.05) is 5.32 Å². The van der Waals surface area contributed by atoms with Crippen LogP contribution in [0.3, 0.4) is 0 Å². The van der Waals surface area contributed by atoms with E-state index in [0.717, 1.165) is 27.0 Å². The van der Waals surface area contributed by atoms with Crippen LogP contribution in [0.4, 0.5) is 10.5 Å². The van der Waals surface area contributed by atoms with Crippen LogP contribution in [-0.2, 0) is 0 Å². The number of phenols is 1. The summed E-state index contributed by atoms with van der Waals surface area (Å²) in [4.78, 5) is 17.5. The number of hydrogen-bond donors (Lipinski definition) is 3. The third-order valence-corrected chi connectivity index (χ3v) is 6.01. The Morgan fingerprint density at radius 1 is 1.09 bits per heavy atom. The van der Waals surface area contributed by atoms with Gasteiger partial charge in [0.15, 0.2) is 0 Å². The smallest absolute Gasteiger partial charge is 0.342 e. The van der Waals surface area contributed by atoms with Crippen molar-refractivity contribution in [3.8, 4) is 17.0 Å². The lowest BCUT2D eigenvalue weighted by Crippen LogP contribution is -2.31. The lowest BCUT2D eigenvalue weighted by atomic mass is 9.98. The first-order valence-electron chi connectivity index (χ1n) is 10.3. The second-order valence-corrected chi connectivity index (χ2v) is 8.37. The van der Waals surface area contributed by atoms with Crippen LogP contribution in [0.5, 0.6) is 5.75 Å². The fourth-order valence-corrected chi connectivity index (χ4v) is 4.24. The summed E-state index contributed by atoms with van der Waals surface area (Å²) in [6.45, 7) is 0. The summed E-state index contributed by atoms with van der Waals surface area (Å²) in [7, 11) is 0. The number of nitrogens with one attached hydrogen (secondary N) is 2. The van der Waals surface area contributed by atoms with E-state index in [1.807, 2.05) is 42.5 Å². The largest absolute Gasteiger partial charge is 0.508 e. The summed E-state index contributed by atoms with van der Waals surface area (Å²) in [6.07, 6.45) is 5.54. The molecule has 34 heavy (non-hydrogen) atoms. The number of halogens is 1. The lowest BCUT2D eigenvalue weighted by Gasteiger charge is -2.23. The Balaban J connectivity index is 0.00000274. The molecular formula is C25H23BrN6O2. The van der Waals surface area contributed by atoms with Gasteiger partial charge in [0.25, 0.3) is 0 Å². The van der Waals surface area contributed by atoms with Crippen molar-refractivity contribution in [1.82, 2.24) is 20.2 Å². The highest BCUT2D eigenvalue weighted by molar-refractivity contribution is 9.10. The molecule has 0 radical (unpaired) electrons. The van der Waals surface area contributed by atoms with Gasteiger partial charge >= 0.3 is 6.03 Å². The van der Waals surface area contributed by atoms with Crippen molar-refractivity contribution in [2.24, 2.45) is 5.10 Å². The number of hydrogen-bond acceptors (Lipinski definition) is 5. The molecule has 1 atom stereocenters. The SMILES string of the molecule is C.O=C(Nc1cccc(-c2[nH]ncc2Br)c1)N1N=C(c2cccnc2)CC1c1ccccc1O. The maximum absolute atomic E-state index is 13.3. The summed E-state index contributed by atoms with van der Waals surface area (Å²) in [5.41, 5.74) is 4.48. The summed E-state index contributed by atoms with van der Waals surface area (Å²) in [5, 5.41) is 26.3. The van der Waals surface area contributed by atoms with Gasteiger partial charge in [0, 0.05) is 41.2 Å². The molecule has 0 bridgehead atoms. The van der Waals surface area contributed by atoms with Crippen LogP contribution in [0, 0.1) is 0 Å². The number of carbonyl (C=O) groups excluding carboxylic acids is 1. The first-order valence-corrected chi connectivity index (χ1v) is 11.0. The van der Waals surface area contributed by atoms with Gasteiger partial charge in [-0.05, 0) is 40.2 Å². The number of anilines is 1. The van der Waals surface area contributed by atoms with E-state index in [1.165, 1.54) is 5.01 Å². The van der Waals surface area contributed by atoms with Crippen molar-refractivity contribution in [3.05, 3.63) is 94.9 Å². The topological polar surface area (TPSA) is 106 Å². The molecule has 2 aromatic heterocycles. The average molecular weight is 519 g/mol. The number of hydrazone groups is 1. The number of nitrogens with zero attached hydrogens (tertiary/aromatic N) is 4. The van der Waals surface area contributed by atoms with E-state index < -0.39 is 12.1 Å². The van der Waals surface area contributed by atoms with Gasteiger partial charge in [-0.1, -0.05) is 43.8 Å². The molecule has 0 spiro atoms. The van der Waals surface area contributed by atoms with Gasteiger partial charge in [-0.15, -0.1) is 0 Å². The van der Waals surface area contributed by atoms with E-state index in [1.54, 1.807) is 36.8 Å². The second kappa shape index (κ2) is 9.88. The molecule has 3 N–H and O–H groups in total. The zero-order valence-electron chi connectivity index (χ0n) is 17.3. The molecule has 3 heterocycles. The maximum Gasteiger partial charge on any atom is 0.342 e. The molecule has 0 saturated heterocycles. The van der Waals surface area contributed by atoms with Gasteiger partial charge in [0.05, 0.1) is 28.1 Å². The number of pyridine rings is 1. The zero-order chi connectivity index (χ0) is 22.8. The summed E-state index contributed by atoms with van der Waals surface area (Å²) >= 11 is 3.47. The standard InChI is InChI=1S/C24H19BrN6O2.CH4/c25-19-14-27-29-23(19)15-5-3-7-17(11-15)28-24(33)31-21(18-8-1-2-9-22(18)32)12-20(30-31)16-6-4-10-26-13-16;/h1-11,13-14,21,32H,12H2,(H,27,29)(H,28,33);1H4. The molecule has 4 aromatic rings. The monoisotopic (exact) mass is 518 g/mol. The predicted octanol–water partition coefficient (Wildman–Crippen LogP) is 5.96. The summed E-state index contributed by atoms with van der Waals surface area (Å²) in [6, 6.07) is 17.3. The van der Waals surface area contributed by atoms with E-state index in [0.29, 0.717) is 17.7 Å². The van der Waals surface area contributed by atoms with E-state index in [4.69, 9.17) is 0 Å². The Kier molecular flexibility index (Phi) is 6.74. The molecule has 0 fully saturated rings. The zero-order valence-corrected chi connectivity index (χ0v) is 18.9. The Bertz CT molecular complexity index is 1340. The number of urea groups is 1. The fraction of sp³-hybridized carbons (Fsp3) is 0.120. The minimum absolute atomic E-state index is 0. The molecule has 1 aliphatic heterocycles. The minimum Gasteiger partial charge on any atom is -0.508 e. The summed E-state index contributed by atoms with van der Waals surface area (Å²) < 4.78 is 0.829. The fourth-order valence-electron chi connectivity index (χ4n) is 3.82. The van der Waals surface area contributed by atoms with Gasteiger partial charge in [0.2, 0.25) is 0 Å². The Morgan fingerprint density at radius 3 is 2.65 bits per heavy atom. The quantitative estimate of drug-likeness (QED) is 0.309. The van der Waals surface area contributed by atoms with Crippen LogP contribution >= 0.6 is 15.9 Å². The Labute approximate surface area is 205 Å². The van der Waals surface area contributed by atoms with Crippen molar-refractivity contribution >= 4 is 33.4 Å². The number of aromatic amines is 1. The van der Waals surface area contributed by atoms with Crippen LogP contribution in [-0.4, -0.2) is 37.0 Å². The summed E-state index contributed by atoms with van der Waals surface area (Å²) in [5.74, 6) is 0.119. The van der Waals surface area contributed by atoms with E-state index in [9.17, 15) is 9.90 Å². The number of aromatic hydroxyl groups is 1. The van der Waals surface area contributed by atoms with Crippen molar-refractivity contribution in [3.63, 3.8) is 0 Å². The van der Waals surface area contributed by atoms with Crippen molar-refractivity contribution < 1.29 is 9.90 Å². The number of phenolic OH excluding ortho intramolecular Hbond substituents is 1. The lowest BCUT2D eigenvalue weighted by molar-refractivity contribution is 0.199. The molecule has 5 rings (SSSR count). The molecule has 0 saturated carbocycles. The number of benzene rings is 2. The van der Waals surface area contributed by atoms with Crippen LogP contribution in [0.15, 0.2) is 88.8 Å². The molecule has 0 aliphatic carbocycles. The van der Waals surface area contributed by atoms with Crippen LogP contribution in [0.25, 0.3) is 11.3 Å². The highest BCUT2D eigenvalue weighted by atomic mass is 79.9. The number of rotatable bonds is 4. The molecule has 2 aromatic carbocycles. The number of para-hydroxylation sites is 1. The molecular weight excluding hydrogens is 496 g/mol. The number of aromatic nitrogens is 3. The number of amides is 2. The number of H-pyrrole nitrogens is 1. The molecule has 1 unspecified atom stereocenters. The average Bonchev–Trinajstić information content (AvgIpc) is 3.47. The van der Waals surface area contributed by atoms with E-state index >= 15 is 0 Å². The predicted molar refractivity (Wildman–Crippen MR) is 136 cm³/mol. The minimum atomic E-state index is -0.452. The van der Waals surface area contributed by atoms with Crippen molar-refractivity contribution in [1.29, 1.82) is 0 Å². The normalized spacial score (nSPS) is 14.9.